The van der Waals surface area contributed by atoms with E-state index in [-0.39, 0.29) is 22.5 Å². The molecule has 0 unspecified atom stereocenters. The molecule has 0 radical (unpaired) electrons. The van der Waals surface area contributed by atoms with E-state index in [0.717, 1.165) is 6.07 Å². The van der Waals surface area contributed by atoms with Crippen LogP contribution in [0, 0.1) is 15.9 Å². The van der Waals surface area contributed by atoms with Gasteiger partial charge in [0.25, 0.3) is 5.69 Å². The molecule has 27 heavy (non-hydrogen) atoms. The lowest BCUT2D eigenvalue weighted by molar-refractivity contribution is -0.385. The molecule has 0 atom stereocenters. The van der Waals surface area contributed by atoms with Gasteiger partial charge in [0.15, 0.2) is 0 Å². The lowest BCUT2D eigenvalue weighted by Gasteiger charge is -2.33. The molecule has 0 aromatic heterocycles. The molecule has 144 valence electrons. The summed E-state index contributed by atoms with van der Waals surface area (Å²) < 4.78 is 42.0. The zero-order chi connectivity index (χ0) is 19.6. The van der Waals surface area contributed by atoms with Gasteiger partial charge in [0.1, 0.15) is 17.7 Å². The summed E-state index contributed by atoms with van der Waals surface area (Å²) in [6, 6.07) is 9.37. The fraction of sp³-hybridized carbons (Fsp3) is 0.294. The molecular weight excluding hydrogens is 377 g/mol. The monoisotopic (exact) mass is 395 g/mol. The van der Waals surface area contributed by atoms with Crippen molar-refractivity contribution in [1.29, 1.82) is 0 Å². The molecule has 2 aromatic carbocycles. The normalized spacial score (nSPS) is 15.6. The number of sulfonamides is 1. The van der Waals surface area contributed by atoms with E-state index in [0.29, 0.717) is 37.4 Å². The second kappa shape index (κ2) is 7.49. The summed E-state index contributed by atoms with van der Waals surface area (Å²) in [6.45, 7) is 1.05. The van der Waals surface area contributed by atoms with Gasteiger partial charge in [-0.1, -0.05) is 0 Å². The van der Waals surface area contributed by atoms with Crippen molar-refractivity contribution < 1.29 is 22.5 Å². The van der Waals surface area contributed by atoms with Gasteiger partial charge in [-0.05, 0) is 30.3 Å². The molecule has 10 heteroatoms. The summed E-state index contributed by atoms with van der Waals surface area (Å²) in [6.07, 6.45) is 1.18. The number of hydrogen-bond donors (Lipinski definition) is 1. The number of hydrogen-bond acceptors (Lipinski definition) is 6. The number of primary sulfonamides is 1. The highest BCUT2D eigenvalue weighted by Gasteiger charge is 2.24. The zero-order valence-corrected chi connectivity index (χ0v) is 15.1. The van der Waals surface area contributed by atoms with Crippen LogP contribution in [0.2, 0.25) is 0 Å². The number of nitrogens with two attached hydrogens (primary N) is 1. The van der Waals surface area contributed by atoms with E-state index in [4.69, 9.17) is 9.88 Å². The molecule has 2 aromatic rings. The predicted molar refractivity (Wildman–Crippen MR) is 96.7 cm³/mol. The van der Waals surface area contributed by atoms with Gasteiger partial charge in [0, 0.05) is 43.8 Å². The van der Waals surface area contributed by atoms with Crippen molar-refractivity contribution in [1.82, 2.24) is 0 Å². The minimum absolute atomic E-state index is 0.0804. The van der Waals surface area contributed by atoms with Crippen LogP contribution in [-0.4, -0.2) is 32.5 Å². The second-order valence-corrected chi connectivity index (χ2v) is 7.81. The topological polar surface area (TPSA) is 116 Å². The maximum atomic E-state index is 12.9. The lowest BCUT2D eigenvalue weighted by atomic mass is 10.1. The molecule has 3 rings (SSSR count). The minimum atomic E-state index is -4.06. The highest BCUT2D eigenvalue weighted by Crippen LogP contribution is 2.29. The average molecular weight is 395 g/mol. The number of nitrogens with zero attached hydrogens (tertiary/aromatic N) is 2. The van der Waals surface area contributed by atoms with Crippen molar-refractivity contribution in [3.05, 3.63) is 58.4 Å². The molecule has 0 amide bonds. The highest BCUT2D eigenvalue weighted by molar-refractivity contribution is 7.89. The Kier molecular flexibility index (Phi) is 5.29. The molecule has 1 heterocycles. The third-order valence-electron chi connectivity index (χ3n) is 4.34. The molecule has 2 N–H and O–H groups in total. The quantitative estimate of drug-likeness (QED) is 0.614. The van der Waals surface area contributed by atoms with Crippen LogP contribution in [0.3, 0.4) is 0 Å². The average Bonchev–Trinajstić information content (AvgIpc) is 2.63. The molecule has 0 aliphatic carbocycles. The first-order valence-corrected chi connectivity index (χ1v) is 9.76. The number of anilines is 1. The third-order valence-corrected chi connectivity index (χ3v) is 5.23. The van der Waals surface area contributed by atoms with Crippen molar-refractivity contribution in [3.8, 4) is 5.75 Å². The van der Waals surface area contributed by atoms with Gasteiger partial charge < -0.3 is 9.64 Å². The van der Waals surface area contributed by atoms with Crippen LogP contribution < -0.4 is 14.8 Å². The largest absolute Gasteiger partial charge is 0.490 e. The lowest BCUT2D eigenvalue weighted by Crippen LogP contribution is -2.38. The summed E-state index contributed by atoms with van der Waals surface area (Å²) in [5.41, 5.74) is 0.0923. The summed E-state index contributed by atoms with van der Waals surface area (Å²) in [7, 11) is -4.06. The van der Waals surface area contributed by atoms with Crippen LogP contribution in [-0.2, 0) is 10.0 Å². The van der Waals surface area contributed by atoms with E-state index in [2.05, 4.69) is 0 Å². The van der Waals surface area contributed by atoms with E-state index >= 15 is 0 Å². The summed E-state index contributed by atoms with van der Waals surface area (Å²) in [5.74, 6) is 0.232. The molecule has 8 nitrogen and oxygen atoms in total. The van der Waals surface area contributed by atoms with Crippen LogP contribution in [0.5, 0.6) is 5.75 Å². The number of rotatable bonds is 5. The summed E-state index contributed by atoms with van der Waals surface area (Å²) in [4.78, 5) is 12.0. The number of non-ortho nitro benzene ring substituents is 1. The fourth-order valence-electron chi connectivity index (χ4n) is 2.96. The zero-order valence-electron chi connectivity index (χ0n) is 14.2. The summed E-state index contributed by atoms with van der Waals surface area (Å²) in [5, 5.41) is 16.2. The Hall–Kier alpha value is -2.72. The molecule has 1 fully saturated rings. The molecule has 0 saturated carbocycles. The predicted octanol–water partition coefficient (Wildman–Crippen LogP) is 2.43. The van der Waals surface area contributed by atoms with Gasteiger partial charge in [0.05, 0.1) is 9.82 Å². The van der Waals surface area contributed by atoms with E-state index < -0.39 is 14.9 Å². The Balaban J connectivity index is 1.72. The SMILES string of the molecule is NS(=O)(=O)c1cc(N2CCC(Oc3ccc(F)cc3)CC2)cc([N+](=O)[O-])c1. The molecule has 1 aliphatic rings. The molecule has 0 bridgehead atoms. The van der Waals surface area contributed by atoms with Crippen molar-refractivity contribution in [3.63, 3.8) is 0 Å². The number of nitro groups is 1. The number of ether oxygens (including phenoxy) is 1. The number of halogens is 1. The molecule has 1 aliphatic heterocycles. The first-order chi connectivity index (χ1) is 12.7. The molecular formula is C17H18FN3O5S. The number of piperidine rings is 1. The van der Waals surface area contributed by atoms with Crippen molar-refractivity contribution in [2.75, 3.05) is 18.0 Å². The molecule has 1 saturated heterocycles. The van der Waals surface area contributed by atoms with Crippen molar-refractivity contribution >= 4 is 21.4 Å². The smallest absolute Gasteiger partial charge is 0.272 e. The Morgan fingerprint density at radius 1 is 1.15 bits per heavy atom. The maximum absolute atomic E-state index is 12.9. The minimum Gasteiger partial charge on any atom is -0.490 e. The van der Waals surface area contributed by atoms with Crippen LogP contribution in [0.15, 0.2) is 47.4 Å². The first-order valence-electron chi connectivity index (χ1n) is 8.22. The molecule has 0 spiro atoms. The highest BCUT2D eigenvalue weighted by atomic mass is 32.2. The van der Waals surface area contributed by atoms with Gasteiger partial charge in [-0.2, -0.15) is 0 Å². The second-order valence-electron chi connectivity index (χ2n) is 6.25. The van der Waals surface area contributed by atoms with Gasteiger partial charge in [-0.25, -0.2) is 17.9 Å². The standard InChI is InChI=1S/C17H18FN3O5S/c18-12-1-3-15(4-2-12)26-16-5-7-20(8-6-16)13-9-14(21(22)23)11-17(10-13)27(19,24)25/h1-4,9-11,16H,5-8H2,(H2,19,24,25). The first kappa shape index (κ1) is 19.1. The Labute approximate surface area is 155 Å². The van der Waals surface area contributed by atoms with E-state index in [1.54, 1.807) is 12.1 Å². The van der Waals surface area contributed by atoms with Crippen LogP contribution in [0.25, 0.3) is 0 Å². The number of nitro benzene ring substituents is 1. The van der Waals surface area contributed by atoms with Gasteiger partial charge in [-0.3, -0.25) is 10.1 Å². The number of benzene rings is 2. The fourth-order valence-corrected chi connectivity index (χ4v) is 3.53. The van der Waals surface area contributed by atoms with Crippen molar-refractivity contribution in [2.45, 2.75) is 23.8 Å². The van der Waals surface area contributed by atoms with Crippen molar-refractivity contribution in [2.24, 2.45) is 5.14 Å². The summed E-state index contributed by atoms with van der Waals surface area (Å²) >= 11 is 0. The maximum Gasteiger partial charge on any atom is 0.272 e. The van der Waals surface area contributed by atoms with Crippen LogP contribution >= 0.6 is 0 Å². The van der Waals surface area contributed by atoms with E-state index in [9.17, 15) is 22.9 Å². The Morgan fingerprint density at radius 3 is 2.33 bits per heavy atom. The van der Waals surface area contributed by atoms with Gasteiger partial charge in [0.2, 0.25) is 10.0 Å². The van der Waals surface area contributed by atoms with Crippen LogP contribution in [0.4, 0.5) is 15.8 Å². The van der Waals surface area contributed by atoms with E-state index in [1.807, 2.05) is 4.90 Å². The van der Waals surface area contributed by atoms with Gasteiger partial charge >= 0.3 is 0 Å². The Morgan fingerprint density at radius 2 is 1.78 bits per heavy atom. The van der Waals surface area contributed by atoms with E-state index in [1.165, 1.54) is 24.3 Å². The van der Waals surface area contributed by atoms with Crippen LogP contribution in [0.1, 0.15) is 12.8 Å². The third kappa shape index (κ3) is 4.72. The van der Waals surface area contributed by atoms with Gasteiger partial charge in [-0.15, -0.1) is 0 Å². The Bertz CT molecular complexity index is 942.